The number of aliphatic hydroxyl groups excluding tert-OH is 1. The van der Waals surface area contributed by atoms with Gasteiger partial charge in [-0.2, -0.15) is 0 Å². The number of halogens is 1. The average molecular weight is 431 g/mol. The van der Waals surface area contributed by atoms with Gasteiger partial charge in [0.25, 0.3) is 0 Å². The number of hydrogen-bond donors (Lipinski definition) is 1. The summed E-state index contributed by atoms with van der Waals surface area (Å²) in [4.78, 5) is 4.90. The van der Waals surface area contributed by atoms with E-state index in [0.29, 0.717) is 12.5 Å². The minimum Gasteiger partial charge on any atom is -0.491 e. The van der Waals surface area contributed by atoms with Crippen molar-refractivity contribution in [1.29, 1.82) is 0 Å². The molecular weight excluding hydrogens is 400 g/mol. The highest BCUT2D eigenvalue weighted by molar-refractivity contribution is 5.85. The highest BCUT2D eigenvalue weighted by atomic mass is 35.5. The molecule has 2 heterocycles. The number of aliphatic hydroxyl groups is 1. The molecule has 0 bridgehead atoms. The first kappa shape index (κ1) is 22.6. The molecule has 6 heteroatoms. The zero-order valence-corrected chi connectivity index (χ0v) is 18.7. The molecule has 1 aliphatic rings. The van der Waals surface area contributed by atoms with Crippen LogP contribution >= 0.6 is 12.4 Å². The number of imidazole rings is 1. The van der Waals surface area contributed by atoms with Crippen LogP contribution in [0.2, 0.25) is 0 Å². The predicted molar refractivity (Wildman–Crippen MR) is 122 cm³/mol. The lowest BCUT2D eigenvalue weighted by Gasteiger charge is -2.24. The number of hydrogen-bond acceptors (Lipinski definition) is 4. The molecule has 162 valence electrons. The Balaban J connectivity index is 0.00000256. The highest BCUT2D eigenvalue weighted by Crippen LogP contribution is 2.30. The third-order valence-electron chi connectivity index (χ3n) is 5.86. The molecule has 5 nitrogen and oxygen atoms in total. The molecule has 1 unspecified atom stereocenters. The van der Waals surface area contributed by atoms with Crippen molar-refractivity contribution in [1.82, 2.24) is 9.55 Å². The Bertz CT molecular complexity index is 996. The highest BCUT2D eigenvalue weighted by Gasteiger charge is 2.24. The Kier molecular flexibility index (Phi) is 7.40. The van der Waals surface area contributed by atoms with Crippen LogP contribution in [0, 0.1) is 20.8 Å². The molecule has 0 aliphatic carbocycles. The van der Waals surface area contributed by atoms with Crippen LogP contribution in [0.1, 0.15) is 41.3 Å². The summed E-state index contributed by atoms with van der Waals surface area (Å²) in [5, 5.41) is 10.8. The van der Waals surface area contributed by atoms with Gasteiger partial charge in [0.2, 0.25) is 0 Å². The number of rotatable bonds is 6. The molecule has 3 aromatic rings. The van der Waals surface area contributed by atoms with E-state index in [9.17, 15) is 5.11 Å². The van der Waals surface area contributed by atoms with E-state index in [2.05, 4.69) is 37.5 Å². The molecule has 2 aromatic carbocycles. The molecule has 0 radical (unpaired) electrons. The summed E-state index contributed by atoms with van der Waals surface area (Å²) >= 11 is 0. The van der Waals surface area contributed by atoms with Crippen LogP contribution in [0.25, 0.3) is 11.0 Å². The molecule has 4 rings (SSSR count). The fourth-order valence-electron chi connectivity index (χ4n) is 4.15. The van der Waals surface area contributed by atoms with Gasteiger partial charge < -0.3 is 19.1 Å². The standard InChI is InChI=1S/C24H30N2O3.ClH/c1-16-12-17(2)18(3)23(13-16)29-15-20(27)14-26-22-7-5-4-6-21(22)25-24(26)19-8-10-28-11-9-19;/h4-7,12-13,19-20,27H,8-11,14-15H2,1-3H3;1H. The summed E-state index contributed by atoms with van der Waals surface area (Å²) in [6, 6.07) is 12.3. The van der Waals surface area contributed by atoms with E-state index in [-0.39, 0.29) is 19.0 Å². The zero-order valence-electron chi connectivity index (χ0n) is 17.9. The van der Waals surface area contributed by atoms with E-state index in [1.165, 1.54) is 11.1 Å². The third-order valence-corrected chi connectivity index (χ3v) is 5.86. The van der Waals surface area contributed by atoms with E-state index in [0.717, 1.165) is 54.2 Å². The SMILES string of the molecule is Cc1cc(C)c(C)c(OCC(O)Cn2c(C3CCOCC3)nc3ccccc32)c1.Cl. The van der Waals surface area contributed by atoms with Gasteiger partial charge in [0.1, 0.15) is 24.3 Å². The predicted octanol–water partition coefficient (Wildman–Crippen LogP) is 4.72. The summed E-state index contributed by atoms with van der Waals surface area (Å²) in [6.45, 7) is 8.47. The Morgan fingerprint density at radius 1 is 1.17 bits per heavy atom. The lowest BCUT2D eigenvalue weighted by Crippen LogP contribution is -2.26. The molecule has 30 heavy (non-hydrogen) atoms. The van der Waals surface area contributed by atoms with Gasteiger partial charge in [0.05, 0.1) is 17.6 Å². The first-order chi connectivity index (χ1) is 14.0. The van der Waals surface area contributed by atoms with Gasteiger partial charge >= 0.3 is 0 Å². The average Bonchev–Trinajstić information content (AvgIpc) is 3.09. The van der Waals surface area contributed by atoms with Gasteiger partial charge in [0, 0.05) is 19.1 Å². The van der Waals surface area contributed by atoms with E-state index in [4.69, 9.17) is 14.5 Å². The fourth-order valence-corrected chi connectivity index (χ4v) is 4.15. The second-order valence-corrected chi connectivity index (χ2v) is 8.13. The monoisotopic (exact) mass is 430 g/mol. The fraction of sp³-hybridized carbons (Fsp3) is 0.458. The van der Waals surface area contributed by atoms with Crippen molar-refractivity contribution in [3.63, 3.8) is 0 Å². The number of aromatic nitrogens is 2. The molecule has 1 atom stereocenters. The maximum absolute atomic E-state index is 10.8. The molecule has 1 fully saturated rings. The Hall–Kier alpha value is -2.08. The lowest BCUT2D eigenvalue weighted by atomic mass is 9.99. The first-order valence-corrected chi connectivity index (χ1v) is 10.4. The van der Waals surface area contributed by atoms with Crippen molar-refractivity contribution in [2.24, 2.45) is 0 Å². The molecule has 0 spiro atoms. The Morgan fingerprint density at radius 2 is 1.90 bits per heavy atom. The molecular formula is C24H31ClN2O3. The van der Waals surface area contributed by atoms with Crippen LogP contribution in [0.15, 0.2) is 36.4 Å². The van der Waals surface area contributed by atoms with Crippen molar-refractivity contribution in [2.75, 3.05) is 19.8 Å². The number of nitrogens with zero attached hydrogens (tertiary/aromatic N) is 2. The Labute approximate surface area is 184 Å². The van der Waals surface area contributed by atoms with Crippen LogP contribution < -0.4 is 4.74 Å². The number of fused-ring (bicyclic) bond motifs is 1. The maximum atomic E-state index is 10.8. The molecule has 1 N–H and O–H groups in total. The van der Waals surface area contributed by atoms with Gasteiger partial charge in [-0.05, 0) is 68.5 Å². The largest absolute Gasteiger partial charge is 0.491 e. The van der Waals surface area contributed by atoms with E-state index >= 15 is 0 Å². The second-order valence-electron chi connectivity index (χ2n) is 8.13. The first-order valence-electron chi connectivity index (χ1n) is 10.4. The zero-order chi connectivity index (χ0) is 20.4. The van der Waals surface area contributed by atoms with Crippen LogP contribution in [0.4, 0.5) is 0 Å². The van der Waals surface area contributed by atoms with Gasteiger partial charge in [-0.25, -0.2) is 4.98 Å². The molecule has 0 saturated carbocycles. The van der Waals surface area contributed by atoms with E-state index < -0.39 is 6.10 Å². The summed E-state index contributed by atoms with van der Waals surface area (Å²) < 4.78 is 13.7. The number of ether oxygens (including phenoxy) is 2. The van der Waals surface area contributed by atoms with Crippen molar-refractivity contribution < 1.29 is 14.6 Å². The topological polar surface area (TPSA) is 56.5 Å². The normalized spacial score (nSPS) is 15.7. The number of benzene rings is 2. The molecule has 0 amide bonds. The third kappa shape index (κ3) is 4.80. The van der Waals surface area contributed by atoms with Crippen molar-refractivity contribution >= 4 is 23.4 Å². The van der Waals surface area contributed by atoms with Gasteiger partial charge in [0.15, 0.2) is 0 Å². The van der Waals surface area contributed by atoms with Gasteiger partial charge in [-0.1, -0.05) is 18.2 Å². The van der Waals surface area contributed by atoms with Crippen LogP contribution in [-0.4, -0.2) is 40.6 Å². The summed E-state index contributed by atoms with van der Waals surface area (Å²) in [5.41, 5.74) is 5.54. The van der Waals surface area contributed by atoms with Crippen LogP contribution in [0.5, 0.6) is 5.75 Å². The quantitative estimate of drug-likeness (QED) is 0.614. The van der Waals surface area contributed by atoms with Crippen molar-refractivity contribution in [3.8, 4) is 5.75 Å². The minimum absolute atomic E-state index is 0. The van der Waals surface area contributed by atoms with Crippen LogP contribution in [-0.2, 0) is 11.3 Å². The summed E-state index contributed by atoms with van der Waals surface area (Å²) in [7, 11) is 0. The molecule has 1 saturated heterocycles. The molecule has 1 aliphatic heterocycles. The Morgan fingerprint density at radius 3 is 2.67 bits per heavy atom. The number of aryl methyl sites for hydroxylation is 2. The lowest BCUT2D eigenvalue weighted by molar-refractivity contribution is 0.0779. The second kappa shape index (κ2) is 9.82. The van der Waals surface area contributed by atoms with Crippen molar-refractivity contribution in [3.05, 3.63) is 58.9 Å². The number of para-hydroxylation sites is 2. The van der Waals surface area contributed by atoms with Gasteiger partial charge in [-0.15, -0.1) is 12.4 Å². The van der Waals surface area contributed by atoms with E-state index in [1.807, 2.05) is 24.3 Å². The van der Waals surface area contributed by atoms with Gasteiger partial charge in [-0.3, -0.25) is 0 Å². The smallest absolute Gasteiger partial charge is 0.122 e. The maximum Gasteiger partial charge on any atom is 0.122 e. The van der Waals surface area contributed by atoms with Crippen LogP contribution in [0.3, 0.4) is 0 Å². The van der Waals surface area contributed by atoms with E-state index in [1.54, 1.807) is 0 Å². The molecule has 1 aromatic heterocycles. The summed E-state index contributed by atoms with van der Waals surface area (Å²) in [6.07, 6.45) is 1.32. The minimum atomic E-state index is -0.619. The summed E-state index contributed by atoms with van der Waals surface area (Å²) in [5.74, 6) is 2.27. The van der Waals surface area contributed by atoms with Crippen molar-refractivity contribution in [2.45, 2.75) is 52.2 Å².